The molecule has 0 spiro atoms. The van der Waals surface area contributed by atoms with Crippen LogP contribution in [0.3, 0.4) is 0 Å². The van der Waals surface area contributed by atoms with Crippen LogP contribution in [0.2, 0.25) is 0 Å². The lowest BCUT2D eigenvalue weighted by molar-refractivity contribution is 0.110. The van der Waals surface area contributed by atoms with Crippen LogP contribution >= 0.6 is 11.8 Å². The zero-order valence-electron chi connectivity index (χ0n) is 8.46. The molecular formula is C10H20N2S. The Morgan fingerprint density at radius 1 is 1.62 bits per heavy atom. The van der Waals surface area contributed by atoms with E-state index in [0.717, 1.165) is 12.6 Å². The summed E-state index contributed by atoms with van der Waals surface area (Å²) in [6.45, 7) is 4.48. The SMILES string of the molecule is CC1CCCN1C1(CN)CCSC1. The monoisotopic (exact) mass is 200 g/mol. The largest absolute Gasteiger partial charge is 0.329 e. The first kappa shape index (κ1) is 9.81. The number of hydrogen-bond acceptors (Lipinski definition) is 3. The number of likely N-dealkylation sites (tertiary alicyclic amines) is 1. The molecule has 3 heteroatoms. The van der Waals surface area contributed by atoms with Crippen LogP contribution in [0.25, 0.3) is 0 Å². The van der Waals surface area contributed by atoms with Gasteiger partial charge in [0.25, 0.3) is 0 Å². The lowest BCUT2D eigenvalue weighted by Crippen LogP contribution is -2.55. The van der Waals surface area contributed by atoms with Crippen LogP contribution in [0.5, 0.6) is 0 Å². The fraction of sp³-hybridized carbons (Fsp3) is 1.00. The van der Waals surface area contributed by atoms with E-state index in [1.165, 1.54) is 37.3 Å². The molecule has 2 nitrogen and oxygen atoms in total. The fourth-order valence-electron chi connectivity index (χ4n) is 2.74. The van der Waals surface area contributed by atoms with Crippen molar-refractivity contribution in [2.45, 2.75) is 37.8 Å². The molecule has 0 bridgehead atoms. The van der Waals surface area contributed by atoms with Crippen LogP contribution in [0, 0.1) is 0 Å². The van der Waals surface area contributed by atoms with Crippen molar-refractivity contribution in [3.63, 3.8) is 0 Å². The second kappa shape index (κ2) is 3.79. The molecular weight excluding hydrogens is 180 g/mol. The molecule has 0 radical (unpaired) electrons. The number of nitrogens with two attached hydrogens (primary N) is 1. The minimum absolute atomic E-state index is 0.362. The molecule has 2 aliphatic heterocycles. The Bertz CT molecular complexity index is 178. The molecule has 2 N–H and O–H groups in total. The van der Waals surface area contributed by atoms with Crippen molar-refractivity contribution in [3.05, 3.63) is 0 Å². The average Bonchev–Trinajstić information content (AvgIpc) is 2.73. The second-order valence-corrected chi connectivity index (χ2v) is 5.52. The van der Waals surface area contributed by atoms with Gasteiger partial charge in [0.1, 0.15) is 0 Å². The van der Waals surface area contributed by atoms with Crippen molar-refractivity contribution < 1.29 is 0 Å². The van der Waals surface area contributed by atoms with Gasteiger partial charge in [0.2, 0.25) is 0 Å². The molecule has 76 valence electrons. The van der Waals surface area contributed by atoms with Crippen LogP contribution < -0.4 is 5.73 Å². The highest BCUT2D eigenvalue weighted by Crippen LogP contribution is 2.37. The molecule has 0 aromatic heterocycles. The zero-order valence-corrected chi connectivity index (χ0v) is 9.28. The summed E-state index contributed by atoms with van der Waals surface area (Å²) in [5.74, 6) is 2.56. The van der Waals surface area contributed by atoms with Gasteiger partial charge in [0.05, 0.1) is 0 Å². The Labute approximate surface area is 85.2 Å². The summed E-state index contributed by atoms with van der Waals surface area (Å²) in [5.41, 5.74) is 6.32. The van der Waals surface area contributed by atoms with Gasteiger partial charge in [-0.25, -0.2) is 0 Å². The summed E-state index contributed by atoms with van der Waals surface area (Å²) in [6.07, 6.45) is 4.04. The van der Waals surface area contributed by atoms with Crippen molar-refractivity contribution in [2.75, 3.05) is 24.6 Å². The molecule has 0 aromatic rings. The predicted octanol–water partition coefficient (Wildman–Crippen LogP) is 1.31. The third kappa shape index (κ3) is 1.62. The second-order valence-electron chi connectivity index (χ2n) is 4.42. The Morgan fingerprint density at radius 2 is 2.46 bits per heavy atom. The van der Waals surface area contributed by atoms with Crippen LogP contribution in [0.1, 0.15) is 26.2 Å². The van der Waals surface area contributed by atoms with Crippen LogP contribution in [0.15, 0.2) is 0 Å². The highest BCUT2D eigenvalue weighted by Gasteiger charge is 2.42. The minimum Gasteiger partial charge on any atom is -0.329 e. The molecule has 2 aliphatic rings. The topological polar surface area (TPSA) is 29.3 Å². The third-order valence-corrected chi connectivity index (χ3v) is 4.86. The number of nitrogens with zero attached hydrogens (tertiary/aromatic N) is 1. The van der Waals surface area contributed by atoms with Crippen LogP contribution in [-0.2, 0) is 0 Å². The molecule has 2 atom stereocenters. The van der Waals surface area contributed by atoms with Gasteiger partial charge in [0.15, 0.2) is 0 Å². The molecule has 0 aliphatic carbocycles. The van der Waals surface area contributed by atoms with Gasteiger partial charge in [-0.2, -0.15) is 11.8 Å². The van der Waals surface area contributed by atoms with Gasteiger partial charge in [-0.05, 0) is 38.5 Å². The summed E-state index contributed by atoms with van der Waals surface area (Å²) in [6, 6.07) is 0.766. The first-order valence-corrected chi connectivity index (χ1v) is 6.48. The lowest BCUT2D eigenvalue weighted by atomic mass is 9.96. The van der Waals surface area contributed by atoms with Crippen molar-refractivity contribution in [1.29, 1.82) is 0 Å². The summed E-state index contributed by atoms with van der Waals surface area (Å²) < 4.78 is 0. The summed E-state index contributed by atoms with van der Waals surface area (Å²) in [7, 11) is 0. The maximum Gasteiger partial charge on any atom is 0.0432 e. The van der Waals surface area contributed by atoms with E-state index in [-0.39, 0.29) is 0 Å². The van der Waals surface area contributed by atoms with Gasteiger partial charge >= 0.3 is 0 Å². The van der Waals surface area contributed by atoms with Gasteiger partial charge in [0, 0.05) is 23.9 Å². The van der Waals surface area contributed by atoms with Crippen molar-refractivity contribution in [3.8, 4) is 0 Å². The van der Waals surface area contributed by atoms with Gasteiger partial charge < -0.3 is 5.73 Å². The number of hydrogen-bond donors (Lipinski definition) is 1. The normalized spacial score (nSPS) is 41.5. The van der Waals surface area contributed by atoms with E-state index in [1.54, 1.807) is 0 Å². The van der Waals surface area contributed by atoms with Crippen LogP contribution in [0.4, 0.5) is 0 Å². The van der Waals surface area contributed by atoms with Gasteiger partial charge in [-0.3, -0.25) is 4.90 Å². The molecule has 2 fully saturated rings. The van der Waals surface area contributed by atoms with Crippen molar-refractivity contribution in [2.24, 2.45) is 5.73 Å². The highest BCUT2D eigenvalue weighted by molar-refractivity contribution is 7.99. The number of rotatable bonds is 2. The van der Waals surface area contributed by atoms with E-state index >= 15 is 0 Å². The number of thioether (sulfide) groups is 1. The average molecular weight is 200 g/mol. The quantitative estimate of drug-likeness (QED) is 0.728. The Balaban J connectivity index is 2.10. The summed E-state index contributed by atoms with van der Waals surface area (Å²) >= 11 is 2.07. The van der Waals surface area contributed by atoms with E-state index in [2.05, 4.69) is 23.6 Å². The maximum absolute atomic E-state index is 5.96. The Hall–Kier alpha value is 0.270. The maximum atomic E-state index is 5.96. The zero-order chi connectivity index (χ0) is 9.31. The van der Waals surface area contributed by atoms with E-state index in [9.17, 15) is 0 Å². The van der Waals surface area contributed by atoms with Crippen molar-refractivity contribution >= 4 is 11.8 Å². The minimum atomic E-state index is 0.362. The van der Waals surface area contributed by atoms with E-state index in [0.29, 0.717) is 5.54 Å². The smallest absolute Gasteiger partial charge is 0.0432 e. The van der Waals surface area contributed by atoms with Gasteiger partial charge in [-0.15, -0.1) is 0 Å². The van der Waals surface area contributed by atoms with E-state index in [1.807, 2.05) is 0 Å². The third-order valence-electron chi connectivity index (χ3n) is 3.62. The Morgan fingerprint density at radius 3 is 2.92 bits per heavy atom. The molecule has 0 aromatic carbocycles. The predicted molar refractivity (Wildman–Crippen MR) is 59.1 cm³/mol. The molecule has 0 saturated carbocycles. The van der Waals surface area contributed by atoms with Gasteiger partial charge in [-0.1, -0.05) is 0 Å². The summed E-state index contributed by atoms with van der Waals surface area (Å²) in [4.78, 5) is 2.67. The van der Waals surface area contributed by atoms with Crippen LogP contribution in [-0.4, -0.2) is 41.1 Å². The fourth-order valence-corrected chi connectivity index (χ4v) is 4.22. The Kier molecular flexibility index (Phi) is 2.86. The first-order valence-electron chi connectivity index (χ1n) is 5.33. The molecule has 13 heavy (non-hydrogen) atoms. The molecule has 2 unspecified atom stereocenters. The molecule has 0 amide bonds. The molecule has 2 rings (SSSR count). The molecule has 2 saturated heterocycles. The molecule has 2 heterocycles. The standard InChI is InChI=1S/C10H20N2S/c1-9-3-2-5-12(9)10(7-11)4-6-13-8-10/h9H,2-8,11H2,1H3. The highest BCUT2D eigenvalue weighted by atomic mass is 32.2. The van der Waals surface area contributed by atoms with E-state index in [4.69, 9.17) is 5.73 Å². The lowest BCUT2D eigenvalue weighted by Gasteiger charge is -2.40. The first-order chi connectivity index (χ1) is 6.28. The van der Waals surface area contributed by atoms with Crippen molar-refractivity contribution in [1.82, 2.24) is 4.90 Å². The van der Waals surface area contributed by atoms with E-state index < -0.39 is 0 Å². The summed E-state index contributed by atoms with van der Waals surface area (Å²) in [5, 5.41) is 0.